The number of hydrogen-bond acceptors (Lipinski definition) is 3. The first-order valence-electron chi connectivity index (χ1n) is 24.1. The van der Waals surface area contributed by atoms with Gasteiger partial charge in [-0.3, -0.25) is 4.98 Å². The molecule has 62 heavy (non-hydrogen) atoms. The predicted molar refractivity (Wildman–Crippen MR) is 250 cm³/mol. The van der Waals surface area contributed by atoms with Gasteiger partial charge in [-0.15, -0.1) is 29.1 Å². The van der Waals surface area contributed by atoms with E-state index in [1.807, 2.05) is 54.9 Å². The monoisotopic (exact) mass is 994 g/mol. The van der Waals surface area contributed by atoms with Crippen LogP contribution in [-0.2, 0) is 26.5 Å². The van der Waals surface area contributed by atoms with Gasteiger partial charge < -0.3 is 9.30 Å². The number of benzene rings is 6. The van der Waals surface area contributed by atoms with Crippen LogP contribution in [0.1, 0.15) is 59.6 Å². The Morgan fingerprint density at radius 1 is 0.710 bits per heavy atom. The Hall–Kier alpha value is -6.71. The molecular weight excluding hydrogens is 942 g/mol. The minimum atomic E-state index is -2.86. The molecule has 1 aliphatic heterocycles. The van der Waals surface area contributed by atoms with Crippen molar-refractivity contribution in [3.8, 4) is 39.6 Å². The van der Waals surface area contributed by atoms with E-state index in [2.05, 4.69) is 87.4 Å². The van der Waals surface area contributed by atoms with Crippen LogP contribution in [0.5, 0.6) is 11.5 Å². The molecule has 10 rings (SSSR count). The van der Waals surface area contributed by atoms with Crippen LogP contribution in [0.2, 0.25) is 0 Å². The van der Waals surface area contributed by atoms with Crippen molar-refractivity contribution in [2.45, 2.75) is 53.8 Å². The fourth-order valence-electron chi connectivity index (χ4n) is 8.34. The van der Waals surface area contributed by atoms with E-state index in [4.69, 9.17) is 19.3 Å². The van der Waals surface area contributed by atoms with Crippen molar-refractivity contribution in [1.82, 2.24) is 23.7 Å². The third kappa shape index (κ3) is 7.30. The van der Waals surface area contributed by atoms with Gasteiger partial charge in [0.25, 0.3) is 11.4 Å². The second kappa shape index (κ2) is 16.0. The number of aryl methyl sites for hydroxylation is 3. The van der Waals surface area contributed by atoms with Crippen LogP contribution in [0, 0.1) is 39.8 Å². The summed E-state index contributed by atoms with van der Waals surface area (Å²) in [6.07, 6.45) is 5.44. The standard InChI is InChI=1S/C55H45N5O.Pt/c1-35-16-18-39(19-17-35)45-12-8-9-13-48(45)59-34-58(49-14-10-11-15-50(49)59)42-28-40(54-37(3)26-36(2)27-38(54)4)29-44(31-42)61-43-20-21-46-47-23-24-56-33-52(47)60(51(46)32-43)53-30-41(22-25-57-53)55(5,6)7;/h8-30,33H,1-7H3;/q;+2/i1D3,14D,16D,17D,18D,19D;. The van der Waals surface area contributed by atoms with Gasteiger partial charge in [0.15, 0.2) is 0 Å². The third-order valence-corrected chi connectivity index (χ3v) is 11.1. The SMILES string of the molecule is [2H]c1cccc2c1[N+](c1[c-]c(Oc3[c-]c4c(cc3)c3ccncc3n4-c3cc(C(C)(C)C)ccn3)cc(-c3c(C)cc(C)cc3C)c1)=C=[N+]2c1ccccc1-c1c([2H])c([2H])c(C([2H])([2H])[2H])c([2H])c1[2H].[Pt+2]. The normalized spacial score (nSPS) is 14.3. The summed E-state index contributed by atoms with van der Waals surface area (Å²) >= 11 is 0. The zero-order chi connectivity index (χ0) is 48.8. The number of hydrogen-bond donors (Lipinski definition) is 0. The molecule has 6 nitrogen and oxygen atoms in total. The van der Waals surface area contributed by atoms with Crippen LogP contribution in [0.3, 0.4) is 0 Å². The Kier molecular flexibility index (Phi) is 8.25. The van der Waals surface area contributed by atoms with Gasteiger partial charge in [-0.25, -0.2) is 4.98 Å². The summed E-state index contributed by atoms with van der Waals surface area (Å²) in [5.74, 6) is 1.53. The van der Waals surface area contributed by atoms with Crippen LogP contribution < -0.4 is 13.9 Å². The van der Waals surface area contributed by atoms with E-state index in [9.17, 15) is 1.37 Å². The topological polar surface area (TPSA) is 46.0 Å². The van der Waals surface area contributed by atoms with Crippen LogP contribution in [0.4, 0.5) is 22.7 Å². The van der Waals surface area contributed by atoms with E-state index in [1.54, 1.807) is 51.7 Å². The minimum Gasteiger partial charge on any atom is -0.509 e. The Morgan fingerprint density at radius 3 is 2.27 bits per heavy atom. The van der Waals surface area contributed by atoms with Gasteiger partial charge >= 0.3 is 27.1 Å². The largest absolute Gasteiger partial charge is 2.00 e. The first-order valence-corrected chi connectivity index (χ1v) is 20.1. The molecule has 304 valence electrons. The number of para-hydroxylation sites is 3. The number of fused-ring (bicyclic) bond motifs is 4. The fraction of sp³-hybridized carbons (Fsp3) is 0.145. The molecule has 6 aromatic carbocycles. The molecule has 7 heteroatoms. The zero-order valence-electron chi connectivity index (χ0n) is 42.9. The predicted octanol–water partition coefficient (Wildman–Crippen LogP) is 13.7. The Bertz CT molecular complexity index is 3670. The van der Waals surface area contributed by atoms with E-state index in [0.717, 1.165) is 61.0 Å². The van der Waals surface area contributed by atoms with Gasteiger partial charge in [-0.1, -0.05) is 115 Å². The van der Waals surface area contributed by atoms with E-state index >= 15 is 0 Å². The van der Waals surface area contributed by atoms with Crippen LogP contribution >= 0.6 is 0 Å². The molecule has 4 heterocycles. The number of ether oxygens (including phenoxy) is 1. The van der Waals surface area contributed by atoms with E-state index in [0.29, 0.717) is 39.8 Å². The average molecular weight is 995 g/mol. The second-order valence-electron chi connectivity index (χ2n) is 16.4. The molecule has 0 N–H and O–H groups in total. The van der Waals surface area contributed by atoms with E-state index in [1.165, 1.54) is 0 Å². The molecule has 9 aromatic rings. The molecule has 0 fully saturated rings. The maximum Gasteiger partial charge on any atom is 2.00 e. The average Bonchev–Trinajstić information content (AvgIpc) is 3.85. The van der Waals surface area contributed by atoms with Crippen LogP contribution in [-0.4, -0.2) is 20.5 Å². The van der Waals surface area contributed by atoms with Crippen molar-refractivity contribution < 1.29 is 36.8 Å². The van der Waals surface area contributed by atoms with Crippen molar-refractivity contribution in [1.29, 1.82) is 0 Å². The number of nitrogens with zero attached hydrogens (tertiary/aromatic N) is 5. The first-order chi connectivity index (χ1) is 32.8. The van der Waals surface area contributed by atoms with Gasteiger partial charge in [0.05, 0.1) is 24.1 Å². The van der Waals surface area contributed by atoms with Gasteiger partial charge in [0.1, 0.15) is 11.5 Å². The summed E-state index contributed by atoms with van der Waals surface area (Å²) < 4.78 is 80.9. The Balaban J connectivity index is 0.00000608. The van der Waals surface area contributed by atoms with Crippen molar-refractivity contribution in [2.75, 3.05) is 0 Å². The summed E-state index contributed by atoms with van der Waals surface area (Å²) in [5, 5.41) is 1.95. The molecule has 0 radical (unpaired) electrons. The van der Waals surface area contributed by atoms with Gasteiger partial charge in [-0.05, 0) is 95.1 Å². The quantitative estimate of drug-likeness (QED) is 0.118. The van der Waals surface area contributed by atoms with Gasteiger partial charge in [0.2, 0.25) is 5.69 Å². The maximum absolute atomic E-state index is 9.28. The van der Waals surface area contributed by atoms with E-state index < -0.39 is 36.6 Å². The molecule has 0 amide bonds. The molecular formula is C55H45N5OPt+2. The summed E-state index contributed by atoms with van der Waals surface area (Å²) in [6.45, 7) is 9.86. The Labute approximate surface area is 388 Å². The number of aromatic nitrogens is 3. The molecule has 0 unspecified atom stereocenters. The second-order valence-corrected chi connectivity index (χ2v) is 16.4. The van der Waals surface area contributed by atoms with E-state index in [-0.39, 0.29) is 38.1 Å². The molecule has 0 saturated heterocycles. The van der Waals surface area contributed by atoms with Crippen molar-refractivity contribution in [3.63, 3.8) is 0 Å². The fourth-order valence-corrected chi connectivity index (χ4v) is 8.34. The Morgan fingerprint density at radius 2 is 1.48 bits per heavy atom. The molecule has 3 aromatic heterocycles. The van der Waals surface area contributed by atoms with Gasteiger partial charge in [-0.2, -0.15) is 6.07 Å². The summed E-state index contributed by atoms with van der Waals surface area (Å²) in [7, 11) is 0. The molecule has 0 aliphatic carbocycles. The van der Waals surface area contributed by atoms with Crippen molar-refractivity contribution >= 4 is 50.6 Å². The summed E-state index contributed by atoms with van der Waals surface area (Å²) in [4.78, 5) is 9.30. The van der Waals surface area contributed by atoms with Crippen LogP contribution in [0.25, 0.3) is 49.9 Å². The van der Waals surface area contributed by atoms with Crippen molar-refractivity contribution in [3.05, 3.63) is 186 Å². The number of rotatable bonds is 7. The smallest absolute Gasteiger partial charge is 0.509 e. The zero-order valence-corrected chi connectivity index (χ0v) is 37.2. The maximum atomic E-state index is 9.28. The molecule has 1 aliphatic rings. The van der Waals surface area contributed by atoms with Gasteiger partial charge in [0, 0.05) is 46.2 Å². The molecule has 0 saturated carbocycles. The number of pyridine rings is 2. The first kappa shape index (κ1) is 32.1. The minimum absolute atomic E-state index is 0. The summed E-state index contributed by atoms with van der Waals surface area (Å²) in [5.41, 5.74) is 9.30. The van der Waals surface area contributed by atoms with Crippen LogP contribution in [0.15, 0.2) is 146 Å². The molecule has 0 bridgehead atoms. The van der Waals surface area contributed by atoms with Crippen molar-refractivity contribution in [2.24, 2.45) is 0 Å². The molecule has 0 spiro atoms. The third-order valence-electron chi connectivity index (χ3n) is 11.1. The molecule has 0 atom stereocenters. The summed E-state index contributed by atoms with van der Waals surface area (Å²) in [6, 6.07) is 38.9.